The van der Waals surface area contributed by atoms with Crippen LogP contribution >= 0.6 is 0 Å². The van der Waals surface area contributed by atoms with Crippen molar-refractivity contribution in [3.05, 3.63) is 29.3 Å². The van der Waals surface area contributed by atoms with Crippen LogP contribution in [0.2, 0.25) is 0 Å². The van der Waals surface area contributed by atoms with E-state index in [0.29, 0.717) is 0 Å². The van der Waals surface area contributed by atoms with Crippen molar-refractivity contribution in [2.45, 2.75) is 64.5 Å². The Balaban J connectivity index is 2.40. The Hall–Kier alpha value is -1.06. The first-order valence-electron chi connectivity index (χ1n) is 8.16. The molecule has 1 aliphatic rings. The summed E-state index contributed by atoms with van der Waals surface area (Å²) >= 11 is 0. The molecule has 0 radical (unpaired) electrons. The number of nitrogens with zero attached hydrogens (tertiary/aromatic N) is 1. The lowest BCUT2D eigenvalue weighted by atomic mass is 9.83. The van der Waals surface area contributed by atoms with E-state index in [1.807, 2.05) is 6.92 Å². The first-order chi connectivity index (χ1) is 9.82. The molecule has 118 valence electrons. The third kappa shape index (κ3) is 3.78. The van der Waals surface area contributed by atoms with Gasteiger partial charge in [0.15, 0.2) is 0 Å². The molecule has 0 spiro atoms. The van der Waals surface area contributed by atoms with Crippen LogP contribution in [-0.4, -0.2) is 24.2 Å². The van der Waals surface area contributed by atoms with Gasteiger partial charge in [-0.05, 0) is 41.9 Å². The molecule has 3 nitrogen and oxygen atoms in total. The van der Waals surface area contributed by atoms with E-state index in [1.165, 1.54) is 11.3 Å². The Kier molecular flexibility index (Phi) is 4.95. The summed E-state index contributed by atoms with van der Waals surface area (Å²) in [6, 6.07) is 6.70. The molecule has 21 heavy (non-hydrogen) atoms. The zero-order valence-corrected chi connectivity index (χ0v) is 13.9. The van der Waals surface area contributed by atoms with Crippen LogP contribution in [-0.2, 0) is 5.41 Å². The normalized spacial score (nSPS) is 21.4. The fourth-order valence-corrected chi connectivity index (χ4v) is 3.10. The van der Waals surface area contributed by atoms with Gasteiger partial charge in [-0.15, -0.1) is 0 Å². The highest BCUT2D eigenvalue weighted by atomic mass is 16.3. The van der Waals surface area contributed by atoms with E-state index in [4.69, 9.17) is 5.73 Å². The minimum atomic E-state index is -0.372. The Bertz CT molecular complexity index is 479. The van der Waals surface area contributed by atoms with Crippen molar-refractivity contribution in [2.75, 3.05) is 18.0 Å². The average molecular weight is 290 g/mol. The van der Waals surface area contributed by atoms with E-state index in [-0.39, 0.29) is 17.6 Å². The molecule has 1 unspecified atom stereocenters. The molecule has 1 aliphatic heterocycles. The highest BCUT2D eigenvalue weighted by Gasteiger charge is 2.25. The molecule has 2 rings (SSSR count). The first-order valence-corrected chi connectivity index (χ1v) is 8.16. The van der Waals surface area contributed by atoms with Crippen LogP contribution in [0.25, 0.3) is 0 Å². The van der Waals surface area contributed by atoms with Gasteiger partial charge in [-0.25, -0.2) is 0 Å². The number of piperidine rings is 1. The highest BCUT2D eigenvalue weighted by molar-refractivity contribution is 5.58. The molecular formula is C18H30N2O. The smallest absolute Gasteiger partial charge is 0.0787 e. The second-order valence-electron chi connectivity index (χ2n) is 7.30. The fourth-order valence-electron chi connectivity index (χ4n) is 3.10. The zero-order valence-electron chi connectivity index (χ0n) is 13.9. The van der Waals surface area contributed by atoms with Gasteiger partial charge in [-0.3, -0.25) is 0 Å². The van der Waals surface area contributed by atoms with Gasteiger partial charge in [-0.2, -0.15) is 0 Å². The van der Waals surface area contributed by atoms with Gasteiger partial charge in [0.25, 0.3) is 0 Å². The molecule has 0 amide bonds. The van der Waals surface area contributed by atoms with Gasteiger partial charge in [0, 0.05) is 24.8 Å². The van der Waals surface area contributed by atoms with Crippen molar-refractivity contribution < 1.29 is 5.11 Å². The van der Waals surface area contributed by atoms with Crippen molar-refractivity contribution in [1.82, 2.24) is 0 Å². The Morgan fingerprint density at radius 2 is 2.10 bits per heavy atom. The predicted octanol–water partition coefficient (Wildman–Crippen LogP) is 3.36. The summed E-state index contributed by atoms with van der Waals surface area (Å²) in [6.45, 7) is 10.7. The van der Waals surface area contributed by atoms with E-state index in [9.17, 15) is 5.11 Å². The third-order valence-electron chi connectivity index (χ3n) is 4.40. The van der Waals surface area contributed by atoms with Gasteiger partial charge in [0.2, 0.25) is 0 Å². The van der Waals surface area contributed by atoms with E-state index >= 15 is 0 Å². The van der Waals surface area contributed by atoms with Gasteiger partial charge in [0.1, 0.15) is 0 Å². The summed E-state index contributed by atoms with van der Waals surface area (Å²) in [4.78, 5) is 2.41. The molecule has 1 aromatic carbocycles. The summed E-state index contributed by atoms with van der Waals surface area (Å²) in [7, 11) is 0. The highest BCUT2D eigenvalue weighted by Crippen LogP contribution is 2.35. The van der Waals surface area contributed by atoms with Gasteiger partial charge in [-0.1, -0.05) is 39.8 Å². The Labute approximate surface area is 129 Å². The fraction of sp³-hybridized carbons (Fsp3) is 0.667. The molecule has 1 saturated heterocycles. The zero-order chi connectivity index (χ0) is 15.6. The van der Waals surface area contributed by atoms with Crippen molar-refractivity contribution in [3.8, 4) is 0 Å². The molecular weight excluding hydrogens is 260 g/mol. The van der Waals surface area contributed by atoms with Crippen LogP contribution in [0, 0.1) is 0 Å². The van der Waals surface area contributed by atoms with E-state index in [2.05, 4.69) is 43.9 Å². The van der Waals surface area contributed by atoms with Gasteiger partial charge >= 0.3 is 0 Å². The quantitative estimate of drug-likeness (QED) is 0.897. The van der Waals surface area contributed by atoms with E-state index < -0.39 is 0 Å². The molecule has 1 aromatic rings. The Morgan fingerprint density at radius 1 is 1.38 bits per heavy atom. The van der Waals surface area contributed by atoms with Crippen LogP contribution < -0.4 is 10.6 Å². The summed E-state index contributed by atoms with van der Waals surface area (Å²) < 4.78 is 0. The number of rotatable bonds is 3. The van der Waals surface area contributed by atoms with Gasteiger partial charge in [0.05, 0.1) is 6.10 Å². The first kappa shape index (κ1) is 16.3. The molecule has 2 atom stereocenters. The van der Waals surface area contributed by atoms with E-state index in [1.54, 1.807) is 0 Å². The minimum absolute atomic E-state index is 0.0559. The number of benzene rings is 1. The monoisotopic (exact) mass is 290 g/mol. The third-order valence-corrected chi connectivity index (χ3v) is 4.40. The maximum Gasteiger partial charge on any atom is 0.0787 e. The lowest BCUT2D eigenvalue weighted by molar-refractivity contribution is 0.173. The van der Waals surface area contributed by atoms with Gasteiger partial charge < -0.3 is 15.7 Å². The number of hydrogen-bond donors (Lipinski definition) is 2. The second kappa shape index (κ2) is 6.37. The van der Waals surface area contributed by atoms with Crippen molar-refractivity contribution in [2.24, 2.45) is 5.73 Å². The number of anilines is 1. The molecule has 1 heterocycles. The maximum atomic E-state index is 10.1. The molecule has 3 heteroatoms. The van der Waals surface area contributed by atoms with Crippen LogP contribution in [0.15, 0.2) is 18.2 Å². The second-order valence-corrected chi connectivity index (χ2v) is 7.30. The van der Waals surface area contributed by atoms with Crippen molar-refractivity contribution in [3.63, 3.8) is 0 Å². The molecule has 0 saturated carbocycles. The lowest BCUT2D eigenvalue weighted by Gasteiger charge is -2.37. The maximum absolute atomic E-state index is 10.1. The SMILES string of the molecule is CCC(O)c1ccc(N2CCC[C@@H](N)C2)c(C(C)(C)C)c1. The molecule has 3 N–H and O–H groups in total. The largest absolute Gasteiger partial charge is 0.388 e. The minimum Gasteiger partial charge on any atom is -0.388 e. The lowest BCUT2D eigenvalue weighted by Crippen LogP contribution is -2.43. The van der Waals surface area contributed by atoms with Crippen LogP contribution in [0.3, 0.4) is 0 Å². The number of aliphatic hydroxyl groups is 1. The van der Waals surface area contributed by atoms with Crippen LogP contribution in [0.5, 0.6) is 0 Å². The molecule has 0 bridgehead atoms. The van der Waals surface area contributed by atoms with Crippen LogP contribution in [0.1, 0.15) is 64.2 Å². The van der Waals surface area contributed by atoms with E-state index in [0.717, 1.165) is 37.9 Å². The summed E-state index contributed by atoms with van der Waals surface area (Å²) in [5, 5.41) is 10.1. The summed E-state index contributed by atoms with van der Waals surface area (Å²) in [5.41, 5.74) is 9.81. The van der Waals surface area contributed by atoms with Crippen molar-refractivity contribution in [1.29, 1.82) is 0 Å². The summed E-state index contributed by atoms with van der Waals surface area (Å²) in [5.74, 6) is 0. The number of aliphatic hydroxyl groups excluding tert-OH is 1. The molecule has 1 fully saturated rings. The van der Waals surface area contributed by atoms with Crippen LogP contribution in [0.4, 0.5) is 5.69 Å². The average Bonchev–Trinajstić information content (AvgIpc) is 2.45. The Morgan fingerprint density at radius 3 is 2.67 bits per heavy atom. The van der Waals surface area contributed by atoms with Crippen molar-refractivity contribution >= 4 is 5.69 Å². The predicted molar refractivity (Wildman–Crippen MR) is 89.8 cm³/mol. The topological polar surface area (TPSA) is 49.5 Å². The summed E-state index contributed by atoms with van der Waals surface area (Å²) in [6.07, 6.45) is 2.65. The molecule has 0 aliphatic carbocycles. The number of hydrogen-bond acceptors (Lipinski definition) is 3. The molecule has 0 aromatic heterocycles. The standard InChI is InChI=1S/C18H30N2O/c1-5-17(21)13-8-9-16(15(11-13)18(2,3)4)20-10-6-7-14(19)12-20/h8-9,11,14,17,21H,5-7,10,12,19H2,1-4H3/t14-,17?/m1/s1. The number of nitrogens with two attached hydrogens (primary N) is 1.